The number of hydrogen-bond donors (Lipinski definition) is 1. The molecular formula is C9H11N5. The van der Waals surface area contributed by atoms with E-state index >= 15 is 0 Å². The summed E-state index contributed by atoms with van der Waals surface area (Å²) in [6.45, 7) is 0.409. The summed E-state index contributed by atoms with van der Waals surface area (Å²) in [6.07, 6.45) is 3.54. The normalized spacial score (nSPS) is 10.4. The Hall–Kier alpha value is -1.75. The first kappa shape index (κ1) is 8.83. The lowest BCUT2D eigenvalue weighted by Gasteiger charge is -1.96. The molecule has 0 aliphatic rings. The van der Waals surface area contributed by atoms with Crippen LogP contribution in [0, 0.1) is 0 Å². The average molecular weight is 189 g/mol. The van der Waals surface area contributed by atoms with Crippen molar-refractivity contribution in [3.05, 3.63) is 30.2 Å². The molecule has 0 saturated carbocycles. The van der Waals surface area contributed by atoms with Crippen LogP contribution in [0.1, 0.15) is 5.69 Å². The summed E-state index contributed by atoms with van der Waals surface area (Å²) >= 11 is 0. The molecule has 0 aromatic carbocycles. The molecule has 0 amide bonds. The topological polar surface area (TPSA) is 69.6 Å². The summed E-state index contributed by atoms with van der Waals surface area (Å²) in [5.41, 5.74) is 8.17. The second kappa shape index (κ2) is 3.55. The largest absolute Gasteiger partial charge is 0.325 e. The Morgan fingerprint density at radius 3 is 3.00 bits per heavy atom. The van der Waals surface area contributed by atoms with Gasteiger partial charge in [0.1, 0.15) is 0 Å². The van der Waals surface area contributed by atoms with Gasteiger partial charge in [-0.15, -0.1) is 0 Å². The van der Waals surface area contributed by atoms with E-state index in [2.05, 4.69) is 15.3 Å². The van der Waals surface area contributed by atoms with Gasteiger partial charge in [0.05, 0.1) is 11.4 Å². The van der Waals surface area contributed by atoms with Gasteiger partial charge in [-0.25, -0.2) is 0 Å². The van der Waals surface area contributed by atoms with Gasteiger partial charge < -0.3 is 5.73 Å². The molecule has 0 saturated heterocycles. The first-order chi connectivity index (χ1) is 6.81. The van der Waals surface area contributed by atoms with Gasteiger partial charge in [-0.2, -0.15) is 15.3 Å². The molecule has 0 spiro atoms. The monoisotopic (exact) mass is 189 g/mol. The SMILES string of the molecule is Cn1cc(-c2cccnn2)c(CN)n1. The fourth-order valence-electron chi connectivity index (χ4n) is 1.34. The number of aryl methyl sites for hydroxylation is 1. The van der Waals surface area contributed by atoms with Crippen molar-refractivity contribution >= 4 is 0 Å². The quantitative estimate of drug-likeness (QED) is 0.739. The molecule has 5 heteroatoms. The summed E-state index contributed by atoms with van der Waals surface area (Å²) in [7, 11) is 1.86. The van der Waals surface area contributed by atoms with E-state index in [4.69, 9.17) is 5.73 Å². The molecule has 0 unspecified atom stereocenters. The maximum Gasteiger partial charge on any atom is 0.0964 e. The van der Waals surface area contributed by atoms with Gasteiger partial charge in [-0.05, 0) is 12.1 Å². The lowest BCUT2D eigenvalue weighted by atomic mass is 10.2. The third-order valence-corrected chi connectivity index (χ3v) is 1.95. The lowest BCUT2D eigenvalue weighted by molar-refractivity contribution is 0.742. The van der Waals surface area contributed by atoms with Crippen molar-refractivity contribution in [2.45, 2.75) is 6.54 Å². The van der Waals surface area contributed by atoms with Crippen LogP contribution in [0.25, 0.3) is 11.3 Å². The van der Waals surface area contributed by atoms with Crippen LogP contribution in [-0.4, -0.2) is 20.0 Å². The smallest absolute Gasteiger partial charge is 0.0964 e. The molecule has 0 aliphatic heterocycles. The summed E-state index contributed by atoms with van der Waals surface area (Å²) in [4.78, 5) is 0. The van der Waals surface area contributed by atoms with Gasteiger partial charge in [0, 0.05) is 31.5 Å². The molecule has 5 nitrogen and oxygen atoms in total. The predicted octanol–water partition coefficient (Wildman–Crippen LogP) is 0.336. The van der Waals surface area contributed by atoms with Crippen LogP contribution in [0.4, 0.5) is 0 Å². The van der Waals surface area contributed by atoms with Crippen molar-refractivity contribution in [1.29, 1.82) is 0 Å². The summed E-state index contributed by atoms with van der Waals surface area (Å²) < 4.78 is 1.73. The summed E-state index contributed by atoms with van der Waals surface area (Å²) in [5.74, 6) is 0. The Morgan fingerprint density at radius 1 is 1.50 bits per heavy atom. The minimum absolute atomic E-state index is 0.409. The highest BCUT2D eigenvalue weighted by atomic mass is 15.3. The van der Waals surface area contributed by atoms with Crippen LogP contribution >= 0.6 is 0 Å². The van der Waals surface area contributed by atoms with Crippen molar-refractivity contribution in [2.24, 2.45) is 12.8 Å². The van der Waals surface area contributed by atoms with E-state index in [0.717, 1.165) is 17.0 Å². The molecule has 2 aromatic heterocycles. The van der Waals surface area contributed by atoms with E-state index in [1.807, 2.05) is 25.4 Å². The molecule has 72 valence electrons. The zero-order chi connectivity index (χ0) is 9.97. The molecule has 2 N–H and O–H groups in total. The molecule has 14 heavy (non-hydrogen) atoms. The minimum Gasteiger partial charge on any atom is -0.325 e. The highest BCUT2D eigenvalue weighted by Gasteiger charge is 2.08. The second-order valence-electron chi connectivity index (χ2n) is 2.98. The van der Waals surface area contributed by atoms with E-state index in [1.54, 1.807) is 10.9 Å². The fourth-order valence-corrected chi connectivity index (χ4v) is 1.34. The van der Waals surface area contributed by atoms with Crippen LogP contribution in [0.15, 0.2) is 24.5 Å². The van der Waals surface area contributed by atoms with Crippen molar-refractivity contribution in [3.8, 4) is 11.3 Å². The molecule has 0 bridgehead atoms. The molecule has 2 rings (SSSR count). The van der Waals surface area contributed by atoms with Crippen molar-refractivity contribution < 1.29 is 0 Å². The van der Waals surface area contributed by atoms with Crippen LogP contribution in [-0.2, 0) is 13.6 Å². The Labute approximate surface area is 81.6 Å². The number of hydrogen-bond acceptors (Lipinski definition) is 4. The fraction of sp³-hybridized carbons (Fsp3) is 0.222. The van der Waals surface area contributed by atoms with Gasteiger partial charge in [0.2, 0.25) is 0 Å². The van der Waals surface area contributed by atoms with Crippen LogP contribution < -0.4 is 5.73 Å². The Bertz CT molecular complexity index is 420. The predicted molar refractivity (Wildman–Crippen MR) is 52.1 cm³/mol. The van der Waals surface area contributed by atoms with Gasteiger partial charge in [-0.3, -0.25) is 4.68 Å². The zero-order valence-electron chi connectivity index (χ0n) is 7.88. The molecule has 0 atom stereocenters. The maximum atomic E-state index is 5.58. The van der Waals surface area contributed by atoms with E-state index in [9.17, 15) is 0 Å². The molecule has 0 aliphatic carbocycles. The first-order valence-electron chi connectivity index (χ1n) is 4.32. The summed E-state index contributed by atoms with van der Waals surface area (Å²) in [6, 6.07) is 3.73. The highest BCUT2D eigenvalue weighted by Crippen LogP contribution is 2.18. The van der Waals surface area contributed by atoms with Crippen molar-refractivity contribution in [1.82, 2.24) is 20.0 Å². The zero-order valence-corrected chi connectivity index (χ0v) is 7.88. The van der Waals surface area contributed by atoms with Crippen LogP contribution in [0.3, 0.4) is 0 Å². The third-order valence-electron chi connectivity index (χ3n) is 1.95. The second-order valence-corrected chi connectivity index (χ2v) is 2.98. The van der Waals surface area contributed by atoms with Gasteiger partial charge in [0.25, 0.3) is 0 Å². The Morgan fingerprint density at radius 2 is 2.36 bits per heavy atom. The van der Waals surface area contributed by atoms with Crippen LogP contribution in [0.5, 0.6) is 0 Å². The number of nitrogens with two attached hydrogens (primary N) is 1. The van der Waals surface area contributed by atoms with Gasteiger partial charge in [0.15, 0.2) is 0 Å². The molecule has 0 radical (unpaired) electrons. The summed E-state index contributed by atoms with van der Waals surface area (Å²) in [5, 5.41) is 12.1. The lowest BCUT2D eigenvalue weighted by Crippen LogP contribution is -2.00. The number of aromatic nitrogens is 4. The standard InChI is InChI=1S/C9H11N5/c1-14-6-7(9(5-10)13-14)8-3-2-4-11-12-8/h2-4,6H,5,10H2,1H3. The van der Waals surface area contributed by atoms with E-state index in [-0.39, 0.29) is 0 Å². The van der Waals surface area contributed by atoms with Gasteiger partial charge in [-0.1, -0.05) is 0 Å². The molecule has 2 heterocycles. The Balaban J connectivity index is 2.51. The van der Waals surface area contributed by atoms with E-state index in [0.29, 0.717) is 6.54 Å². The van der Waals surface area contributed by atoms with Crippen LogP contribution in [0.2, 0.25) is 0 Å². The van der Waals surface area contributed by atoms with Gasteiger partial charge >= 0.3 is 0 Å². The average Bonchev–Trinajstić information content (AvgIpc) is 2.61. The molecule has 2 aromatic rings. The number of rotatable bonds is 2. The maximum absolute atomic E-state index is 5.58. The van der Waals surface area contributed by atoms with E-state index < -0.39 is 0 Å². The third kappa shape index (κ3) is 1.49. The molecule has 0 fully saturated rings. The minimum atomic E-state index is 0.409. The highest BCUT2D eigenvalue weighted by molar-refractivity contribution is 5.60. The Kier molecular flexibility index (Phi) is 2.24. The van der Waals surface area contributed by atoms with Crippen molar-refractivity contribution in [2.75, 3.05) is 0 Å². The number of nitrogens with zero attached hydrogens (tertiary/aromatic N) is 4. The first-order valence-corrected chi connectivity index (χ1v) is 4.32. The van der Waals surface area contributed by atoms with Crippen molar-refractivity contribution in [3.63, 3.8) is 0 Å². The van der Waals surface area contributed by atoms with E-state index in [1.165, 1.54) is 0 Å². The molecular weight excluding hydrogens is 178 g/mol.